The number of aromatic nitrogens is 2. The Morgan fingerprint density at radius 2 is 2.04 bits per heavy atom. The van der Waals surface area contributed by atoms with E-state index in [4.69, 9.17) is 0 Å². The maximum absolute atomic E-state index is 13.2. The molecule has 1 atom stereocenters. The average Bonchev–Trinajstić information content (AvgIpc) is 3.25. The van der Waals surface area contributed by atoms with Crippen molar-refractivity contribution >= 4 is 5.96 Å². The van der Waals surface area contributed by atoms with E-state index < -0.39 is 0 Å². The van der Waals surface area contributed by atoms with Gasteiger partial charge in [-0.1, -0.05) is 24.3 Å². The predicted octanol–water partition coefficient (Wildman–Crippen LogP) is 3.87. The lowest BCUT2D eigenvalue weighted by Gasteiger charge is -2.19. The van der Waals surface area contributed by atoms with Gasteiger partial charge in [-0.05, 0) is 61.2 Å². The van der Waals surface area contributed by atoms with E-state index in [0.717, 1.165) is 42.2 Å². The summed E-state index contributed by atoms with van der Waals surface area (Å²) in [4.78, 5) is 4.30. The Balaban J connectivity index is 1.51. The van der Waals surface area contributed by atoms with Crippen LogP contribution in [0.1, 0.15) is 30.5 Å². The van der Waals surface area contributed by atoms with Crippen LogP contribution in [0, 0.1) is 5.82 Å². The Bertz CT molecular complexity index is 905. The summed E-state index contributed by atoms with van der Waals surface area (Å²) in [7, 11) is 1.76. The molecule has 1 aromatic heterocycles. The minimum absolute atomic E-state index is 0.0879. The van der Waals surface area contributed by atoms with Crippen LogP contribution in [0.2, 0.25) is 0 Å². The molecule has 3 rings (SSSR count). The number of halogens is 1. The summed E-state index contributed by atoms with van der Waals surface area (Å²) >= 11 is 0. The van der Waals surface area contributed by atoms with Gasteiger partial charge in [-0.25, -0.2) is 9.07 Å². The van der Waals surface area contributed by atoms with Crippen LogP contribution in [0.25, 0.3) is 5.69 Å². The lowest BCUT2D eigenvalue weighted by Crippen LogP contribution is -2.39. The van der Waals surface area contributed by atoms with Crippen molar-refractivity contribution in [2.45, 2.75) is 25.8 Å². The number of hydrogen-bond acceptors (Lipinski definition) is 2. The number of hydrogen-bond donors (Lipinski definition) is 2. The summed E-state index contributed by atoms with van der Waals surface area (Å²) in [6.45, 7) is 2.86. The van der Waals surface area contributed by atoms with E-state index in [1.54, 1.807) is 25.4 Å². The molecule has 3 aromatic rings. The topological polar surface area (TPSA) is 54.2 Å². The highest BCUT2D eigenvalue weighted by atomic mass is 19.1. The molecular formula is C22H26FN5. The third-order valence-electron chi connectivity index (χ3n) is 4.54. The average molecular weight is 379 g/mol. The second kappa shape index (κ2) is 9.69. The van der Waals surface area contributed by atoms with E-state index in [1.807, 2.05) is 35.1 Å². The highest BCUT2D eigenvalue weighted by molar-refractivity contribution is 5.80. The smallest absolute Gasteiger partial charge is 0.191 e. The van der Waals surface area contributed by atoms with Crippen LogP contribution in [0.4, 0.5) is 4.39 Å². The number of nitrogens with zero attached hydrogens (tertiary/aromatic N) is 3. The van der Waals surface area contributed by atoms with Gasteiger partial charge < -0.3 is 10.6 Å². The van der Waals surface area contributed by atoms with E-state index in [1.165, 1.54) is 6.07 Å². The minimum Gasteiger partial charge on any atom is -0.356 e. The first-order valence-corrected chi connectivity index (χ1v) is 9.47. The molecule has 1 unspecified atom stereocenters. The summed E-state index contributed by atoms with van der Waals surface area (Å²) in [6, 6.07) is 17.0. The van der Waals surface area contributed by atoms with Crippen molar-refractivity contribution in [2.24, 2.45) is 4.99 Å². The largest absolute Gasteiger partial charge is 0.356 e. The molecular weight excluding hydrogens is 353 g/mol. The van der Waals surface area contributed by atoms with Crippen molar-refractivity contribution in [3.05, 3.63) is 83.9 Å². The number of nitrogens with one attached hydrogen (secondary N) is 2. The van der Waals surface area contributed by atoms with E-state index in [2.05, 4.69) is 39.8 Å². The molecule has 0 amide bonds. The molecule has 1 heterocycles. The minimum atomic E-state index is -0.186. The Hall–Kier alpha value is -3.15. The molecule has 0 aliphatic carbocycles. The van der Waals surface area contributed by atoms with Crippen molar-refractivity contribution in [1.29, 1.82) is 0 Å². The van der Waals surface area contributed by atoms with E-state index in [0.29, 0.717) is 0 Å². The lowest BCUT2D eigenvalue weighted by molar-refractivity contribution is 0.623. The van der Waals surface area contributed by atoms with Crippen LogP contribution >= 0.6 is 0 Å². The predicted molar refractivity (Wildman–Crippen MR) is 111 cm³/mol. The molecule has 0 radical (unpaired) electrons. The van der Waals surface area contributed by atoms with Gasteiger partial charge >= 0.3 is 0 Å². The van der Waals surface area contributed by atoms with Gasteiger partial charge in [0.2, 0.25) is 0 Å². The molecule has 0 spiro atoms. The lowest BCUT2D eigenvalue weighted by atomic mass is 10.1. The summed E-state index contributed by atoms with van der Waals surface area (Å²) in [6.07, 6.45) is 5.41. The maximum Gasteiger partial charge on any atom is 0.191 e. The van der Waals surface area contributed by atoms with Crippen molar-refractivity contribution in [2.75, 3.05) is 13.6 Å². The van der Waals surface area contributed by atoms with E-state index >= 15 is 0 Å². The van der Waals surface area contributed by atoms with Gasteiger partial charge in [0.25, 0.3) is 0 Å². The number of aliphatic imine (C=N–C) groups is 1. The Labute approximate surface area is 165 Å². The van der Waals surface area contributed by atoms with Crippen LogP contribution in [0.5, 0.6) is 0 Å². The third kappa shape index (κ3) is 5.42. The van der Waals surface area contributed by atoms with Crippen LogP contribution in [-0.4, -0.2) is 29.3 Å². The molecule has 0 saturated carbocycles. The van der Waals surface area contributed by atoms with Crippen LogP contribution in [0.3, 0.4) is 0 Å². The molecule has 6 heteroatoms. The second-order valence-corrected chi connectivity index (χ2v) is 6.64. The molecule has 0 saturated heterocycles. The quantitative estimate of drug-likeness (QED) is 0.372. The summed E-state index contributed by atoms with van der Waals surface area (Å²) in [5, 5.41) is 11.0. The van der Waals surface area contributed by atoms with Gasteiger partial charge in [0, 0.05) is 26.0 Å². The van der Waals surface area contributed by atoms with Gasteiger partial charge in [0.05, 0.1) is 11.7 Å². The normalized spacial score (nSPS) is 12.6. The van der Waals surface area contributed by atoms with Crippen molar-refractivity contribution < 1.29 is 4.39 Å². The SMILES string of the molecule is CN=C(NCCCc1cccc(F)c1)NC(C)c1cccc(-n2cccn2)c1. The van der Waals surface area contributed by atoms with Gasteiger partial charge in [0.15, 0.2) is 5.96 Å². The first-order valence-electron chi connectivity index (χ1n) is 9.47. The Morgan fingerprint density at radius 3 is 2.79 bits per heavy atom. The maximum atomic E-state index is 13.2. The summed E-state index contributed by atoms with van der Waals surface area (Å²) in [5.41, 5.74) is 3.18. The zero-order valence-electron chi connectivity index (χ0n) is 16.3. The van der Waals surface area contributed by atoms with Crippen molar-refractivity contribution in [3.8, 4) is 5.69 Å². The molecule has 2 aromatic carbocycles. The monoisotopic (exact) mass is 379 g/mol. The molecule has 146 valence electrons. The first kappa shape index (κ1) is 19.6. The fraction of sp³-hybridized carbons (Fsp3) is 0.273. The Morgan fingerprint density at radius 1 is 1.18 bits per heavy atom. The fourth-order valence-corrected chi connectivity index (χ4v) is 3.03. The molecule has 0 aliphatic heterocycles. The zero-order chi connectivity index (χ0) is 19.8. The van der Waals surface area contributed by atoms with Crippen LogP contribution in [0.15, 0.2) is 72.0 Å². The van der Waals surface area contributed by atoms with Gasteiger partial charge in [-0.3, -0.25) is 4.99 Å². The molecule has 0 bridgehead atoms. The van der Waals surface area contributed by atoms with E-state index in [-0.39, 0.29) is 11.9 Å². The molecule has 5 nitrogen and oxygen atoms in total. The second-order valence-electron chi connectivity index (χ2n) is 6.64. The highest BCUT2D eigenvalue weighted by Gasteiger charge is 2.09. The molecule has 0 fully saturated rings. The number of aryl methyl sites for hydroxylation is 1. The Kier molecular flexibility index (Phi) is 6.78. The van der Waals surface area contributed by atoms with Crippen molar-refractivity contribution in [1.82, 2.24) is 20.4 Å². The third-order valence-corrected chi connectivity index (χ3v) is 4.54. The molecule has 2 N–H and O–H groups in total. The molecule has 0 aliphatic rings. The first-order chi connectivity index (χ1) is 13.7. The standard InChI is InChI=1S/C22H26FN5/c1-17(19-9-4-11-21(16-19)28-14-6-13-26-28)27-22(24-2)25-12-5-8-18-7-3-10-20(23)15-18/h3-4,6-7,9-11,13-17H,5,8,12H2,1-2H3,(H2,24,25,27). The van der Waals surface area contributed by atoms with Crippen LogP contribution in [-0.2, 0) is 6.42 Å². The molecule has 28 heavy (non-hydrogen) atoms. The van der Waals surface area contributed by atoms with Gasteiger partial charge in [-0.15, -0.1) is 0 Å². The zero-order valence-corrected chi connectivity index (χ0v) is 16.3. The summed E-state index contributed by atoms with van der Waals surface area (Å²) < 4.78 is 15.1. The number of guanidine groups is 1. The number of benzene rings is 2. The van der Waals surface area contributed by atoms with E-state index in [9.17, 15) is 4.39 Å². The highest BCUT2D eigenvalue weighted by Crippen LogP contribution is 2.16. The summed E-state index contributed by atoms with van der Waals surface area (Å²) in [5.74, 6) is 0.560. The van der Waals surface area contributed by atoms with Gasteiger partial charge in [0.1, 0.15) is 5.82 Å². The van der Waals surface area contributed by atoms with Crippen molar-refractivity contribution in [3.63, 3.8) is 0 Å². The fourth-order valence-electron chi connectivity index (χ4n) is 3.03. The van der Waals surface area contributed by atoms with Gasteiger partial charge in [-0.2, -0.15) is 5.10 Å². The van der Waals surface area contributed by atoms with Crippen LogP contribution < -0.4 is 10.6 Å². The number of rotatable bonds is 7.